The van der Waals surface area contributed by atoms with Gasteiger partial charge in [-0.25, -0.2) is 13.1 Å². The summed E-state index contributed by atoms with van der Waals surface area (Å²) in [5.74, 6) is -0.150. The summed E-state index contributed by atoms with van der Waals surface area (Å²) < 4.78 is 25.7. The number of amides is 1. The Bertz CT molecular complexity index is 611. The molecule has 104 valence electrons. The highest BCUT2D eigenvalue weighted by molar-refractivity contribution is 7.89. The minimum atomic E-state index is -3.45. The first kappa shape index (κ1) is 14.0. The summed E-state index contributed by atoms with van der Waals surface area (Å²) in [6, 6.07) is 4.20. The fourth-order valence-electron chi connectivity index (χ4n) is 2.14. The highest BCUT2D eigenvalue weighted by Gasteiger charge is 2.27. The Morgan fingerprint density at radius 3 is 2.74 bits per heavy atom. The van der Waals surface area contributed by atoms with E-state index >= 15 is 0 Å². The van der Waals surface area contributed by atoms with E-state index in [2.05, 4.69) is 4.72 Å². The molecular formula is C12H17N3O3S. The number of sulfonamides is 1. The molecule has 0 saturated heterocycles. The molecule has 19 heavy (non-hydrogen) atoms. The lowest BCUT2D eigenvalue weighted by Gasteiger charge is -2.19. The molecule has 0 unspecified atom stereocenters. The summed E-state index contributed by atoms with van der Waals surface area (Å²) in [5, 5.41) is 0. The average molecular weight is 283 g/mol. The Hall–Kier alpha value is -1.44. The molecule has 0 bridgehead atoms. The van der Waals surface area contributed by atoms with Crippen molar-refractivity contribution >= 4 is 21.6 Å². The summed E-state index contributed by atoms with van der Waals surface area (Å²) >= 11 is 0. The first-order valence-corrected chi connectivity index (χ1v) is 7.48. The minimum Gasteiger partial charge on any atom is -0.320 e. The molecule has 0 radical (unpaired) electrons. The van der Waals surface area contributed by atoms with Gasteiger partial charge in [0.1, 0.15) is 0 Å². The van der Waals surface area contributed by atoms with Gasteiger partial charge in [0.25, 0.3) is 0 Å². The van der Waals surface area contributed by atoms with Crippen LogP contribution in [-0.2, 0) is 21.2 Å². The molecule has 1 aliphatic heterocycles. The van der Waals surface area contributed by atoms with Crippen molar-refractivity contribution in [3.05, 3.63) is 23.8 Å². The second-order valence-electron chi connectivity index (χ2n) is 4.53. The second kappa shape index (κ2) is 4.92. The van der Waals surface area contributed by atoms with Crippen LogP contribution in [0.25, 0.3) is 0 Å². The summed E-state index contributed by atoms with van der Waals surface area (Å²) in [4.78, 5) is 13.7. The zero-order valence-corrected chi connectivity index (χ0v) is 11.7. The quantitative estimate of drug-likeness (QED) is 0.805. The van der Waals surface area contributed by atoms with Crippen LogP contribution in [0, 0.1) is 0 Å². The molecule has 2 rings (SSSR count). The SMILES string of the molecule is CNS(=O)(=O)c1ccc2c(c1)CCN2C(=O)[C@H](C)N. The van der Waals surface area contributed by atoms with Crippen LogP contribution in [0.4, 0.5) is 5.69 Å². The lowest BCUT2D eigenvalue weighted by Crippen LogP contribution is -2.41. The van der Waals surface area contributed by atoms with E-state index in [9.17, 15) is 13.2 Å². The van der Waals surface area contributed by atoms with Gasteiger partial charge < -0.3 is 10.6 Å². The Kier molecular flexibility index (Phi) is 3.62. The molecular weight excluding hydrogens is 266 g/mol. The molecule has 0 fully saturated rings. The van der Waals surface area contributed by atoms with Crippen molar-refractivity contribution in [2.45, 2.75) is 24.3 Å². The molecule has 0 aliphatic carbocycles. The van der Waals surface area contributed by atoms with Gasteiger partial charge >= 0.3 is 0 Å². The second-order valence-corrected chi connectivity index (χ2v) is 6.41. The van der Waals surface area contributed by atoms with Crippen molar-refractivity contribution in [2.75, 3.05) is 18.5 Å². The first-order chi connectivity index (χ1) is 8.86. The number of fused-ring (bicyclic) bond motifs is 1. The molecule has 0 spiro atoms. The summed E-state index contributed by atoms with van der Waals surface area (Å²) in [7, 11) is -2.08. The van der Waals surface area contributed by atoms with Crippen molar-refractivity contribution in [1.29, 1.82) is 0 Å². The van der Waals surface area contributed by atoms with Gasteiger partial charge in [0, 0.05) is 12.2 Å². The predicted octanol–water partition coefficient (Wildman–Crippen LogP) is -0.169. The number of nitrogens with zero attached hydrogens (tertiary/aromatic N) is 1. The zero-order valence-electron chi connectivity index (χ0n) is 10.9. The molecule has 1 atom stereocenters. The van der Waals surface area contributed by atoms with Crippen LogP contribution in [0.3, 0.4) is 0 Å². The molecule has 3 N–H and O–H groups in total. The van der Waals surface area contributed by atoms with E-state index < -0.39 is 16.1 Å². The Morgan fingerprint density at radius 1 is 1.47 bits per heavy atom. The van der Waals surface area contributed by atoms with Gasteiger partial charge in [0.15, 0.2) is 0 Å². The van der Waals surface area contributed by atoms with E-state index in [1.807, 2.05) is 0 Å². The number of hydrogen-bond donors (Lipinski definition) is 2. The summed E-state index contributed by atoms with van der Waals surface area (Å²) in [6.45, 7) is 2.18. The van der Waals surface area contributed by atoms with Gasteiger partial charge in [-0.2, -0.15) is 0 Å². The van der Waals surface area contributed by atoms with Gasteiger partial charge in [-0.15, -0.1) is 0 Å². The maximum absolute atomic E-state index is 11.9. The summed E-state index contributed by atoms with van der Waals surface area (Å²) in [5.41, 5.74) is 7.20. The van der Waals surface area contributed by atoms with Gasteiger partial charge in [0.2, 0.25) is 15.9 Å². The van der Waals surface area contributed by atoms with Crippen LogP contribution in [-0.4, -0.2) is 34.0 Å². The molecule has 1 aromatic rings. The van der Waals surface area contributed by atoms with E-state index in [0.717, 1.165) is 11.3 Å². The Labute approximate surface area is 112 Å². The van der Waals surface area contributed by atoms with Gasteiger partial charge in [-0.1, -0.05) is 0 Å². The number of carbonyl (C=O) groups is 1. The maximum Gasteiger partial charge on any atom is 0.243 e. The van der Waals surface area contributed by atoms with Crippen LogP contribution < -0.4 is 15.4 Å². The van der Waals surface area contributed by atoms with E-state index in [0.29, 0.717) is 13.0 Å². The van der Waals surface area contributed by atoms with Crippen LogP contribution in [0.2, 0.25) is 0 Å². The number of benzene rings is 1. The van der Waals surface area contributed by atoms with Crippen LogP contribution in [0.1, 0.15) is 12.5 Å². The van der Waals surface area contributed by atoms with Crippen molar-refractivity contribution in [3.63, 3.8) is 0 Å². The molecule has 1 heterocycles. The lowest BCUT2D eigenvalue weighted by molar-refractivity contribution is -0.119. The van der Waals surface area contributed by atoms with Crippen LogP contribution in [0.5, 0.6) is 0 Å². The minimum absolute atomic E-state index is 0.150. The van der Waals surface area contributed by atoms with E-state index in [1.54, 1.807) is 24.0 Å². The lowest BCUT2D eigenvalue weighted by atomic mass is 10.2. The largest absolute Gasteiger partial charge is 0.320 e. The van der Waals surface area contributed by atoms with Crippen molar-refractivity contribution in [3.8, 4) is 0 Å². The van der Waals surface area contributed by atoms with E-state index in [1.165, 1.54) is 13.1 Å². The van der Waals surface area contributed by atoms with Gasteiger partial charge in [-0.3, -0.25) is 4.79 Å². The highest BCUT2D eigenvalue weighted by atomic mass is 32.2. The molecule has 1 aliphatic rings. The first-order valence-electron chi connectivity index (χ1n) is 6.00. The fraction of sp³-hybridized carbons (Fsp3) is 0.417. The summed E-state index contributed by atoms with van der Waals surface area (Å²) in [6.07, 6.45) is 0.640. The standard InChI is InChI=1S/C12H17N3O3S/c1-8(13)12(16)15-6-5-9-7-10(3-4-11(9)15)19(17,18)14-2/h3-4,7-8,14H,5-6,13H2,1-2H3/t8-/m0/s1. The molecule has 6 nitrogen and oxygen atoms in total. The topological polar surface area (TPSA) is 92.5 Å². The third kappa shape index (κ3) is 2.49. The number of anilines is 1. The smallest absolute Gasteiger partial charge is 0.243 e. The third-order valence-electron chi connectivity index (χ3n) is 3.18. The number of nitrogens with two attached hydrogens (primary N) is 1. The molecule has 0 aromatic heterocycles. The van der Waals surface area contributed by atoms with E-state index in [-0.39, 0.29) is 10.8 Å². The van der Waals surface area contributed by atoms with Gasteiger partial charge in [0.05, 0.1) is 10.9 Å². The van der Waals surface area contributed by atoms with Crippen LogP contribution in [0.15, 0.2) is 23.1 Å². The molecule has 1 aromatic carbocycles. The third-order valence-corrected chi connectivity index (χ3v) is 4.59. The monoisotopic (exact) mass is 283 g/mol. The Balaban J connectivity index is 2.39. The van der Waals surface area contributed by atoms with Crippen LogP contribution >= 0.6 is 0 Å². The van der Waals surface area contributed by atoms with Crippen molar-refractivity contribution < 1.29 is 13.2 Å². The number of nitrogens with one attached hydrogen (secondary N) is 1. The fourth-order valence-corrected chi connectivity index (χ4v) is 2.92. The molecule has 7 heteroatoms. The molecule has 0 saturated carbocycles. The normalized spacial score (nSPS) is 16.3. The van der Waals surface area contributed by atoms with E-state index in [4.69, 9.17) is 5.73 Å². The predicted molar refractivity (Wildman–Crippen MR) is 72.4 cm³/mol. The van der Waals surface area contributed by atoms with Gasteiger partial charge in [-0.05, 0) is 44.2 Å². The highest BCUT2D eigenvalue weighted by Crippen LogP contribution is 2.30. The zero-order chi connectivity index (χ0) is 14.2. The van der Waals surface area contributed by atoms with Crippen molar-refractivity contribution in [2.24, 2.45) is 5.73 Å². The van der Waals surface area contributed by atoms with Crippen molar-refractivity contribution in [1.82, 2.24) is 4.72 Å². The number of carbonyl (C=O) groups excluding carboxylic acids is 1. The molecule has 1 amide bonds. The average Bonchev–Trinajstić information content (AvgIpc) is 2.80. The maximum atomic E-state index is 11.9. The number of rotatable bonds is 3. The number of hydrogen-bond acceptors (Lipinski definition) is 4. The Morgan fingerprint density at radius 2 is 2.16 bits per heavy atom.